The van der Waals surface area contributed by atoms with E-state index in [9.17, 15) is 9.59 Å². The SMILES string of the molecule is Cc1nc(-c2cc(C3C(=O)[C@@H]4[C@H](C3=O)[C@@H]3CC[C@H]4O3)c(C)s2)cs1. The van der Waals surface area contributed by atoms with Gasteiger partial charge in [0.05, 0.1) is 39.6 Å². The Morgan fingerprint density at radius 1 is 1.12 bits per heavy atom. The molecule has 0 radical (unpaired) electrons. The second-order valence-corrected chi connectivity index (χ2v) is 9.27. The molecule has 6 heteroatoms. The van der Waals surface area contributed by atoms with Gasteiger partial charge in [0, 0.05) is 10.3 Å². The summed E-state index contributed by atoms with van der Waals surface area (Å²) in [5, 5.41) is 3.06. The van der Waals surface area contributed by atoms with Crippen LogP contribution in [0.1, 0.15) is 34.2 Å². The summed E-state index contributed by atoms with van der Waals surface area (Å²) in [4.78, 5) is 32.6. The van der Waals surface area contributed by atoms with Gasteiger partial charge in [0.2, 0.25) is 0 Å². The maximum absolute atomic E-state index is 13.0. The van der Waals surface area contributed by atoms with Crippen LogP contribution in [-0.4, -0.2) is 28.8 Å². The minimum absolute atomic E-state index is 0.0268. The number of aromatic nitrogens is 1. The van der Waals surface area contributed by atoms with Crippen molar-refractivity contribution in [3.8, 4) is 10.6 Å². The molecule has 5 atom stereocenters. The van der Waals surface area contributed by atoms with E-state index in [-0.39, 0.29) is 35.6 Å². The first-order valence-electron chi connectivity index (χ1n) is 8.30. The Kier molecular flexibility index (Phi) is 3.15. The van der Waals surface area contributed by atoms with Crippen molar-refractivity contribution in [2.75, 3.05) is 0 Å². The summed E-state index contributed by atoms with van der Waals surface area (Å²) in [5.74, 6) is -0.828. The van der Waals surface area contributed by atoms with Gasteiger partial charge in [0.1, 0.15) is 5.92 Å². The summed E-state index contributed by atoms with van der Waals surface area (Å²) in [6, 6.07) is 2.01. The molecule has 3 fully saturated rings. The van der Waals surface area contributed by atoms with Gasteiger partial charge in [-0.05, 0) is 38.3 Å². The summed E-state index contributed by atoms with van der Waals surface area (Å²) < 4.78 is 5.82. The van der Waals surface area contributed by atoms with Gasteiger partial charge in [-0.3, -0.25) is 9.59 Å². The maximum atomic E-state index is 13.0. The lowest BCUT2D eigenvalue weighted by atomic mass is 9.81. The number of hydrogen-bond acceptors (Lipinski definition) is 6. The quantitative estimate of drug-likeness (QED) is 0.770. The molecular formula is C18H17NO3S2. The molecule has 1 aliphatic carbocycles. The van der Waals surface area contributed by atoms with Gasteiger partial charge in [-0.2, -0.15) is 0 Å². The van der Waals surface area contributed by atoms with Crippen LogP contribution in [-0.2, 0) is 14.3 Å². The number of ketones is 2. The molecule has 2 aromatic heterocycles. The van der Waals surface area contributed by atoms with E-state index < -0.39 is 5.92 Å². The zero-order valence-corrected chi connectivity index (χ0v) is 15.1. The predicted molar refractivity (Wildman–Crippen MR) is 92.5 cm³/mol. The number of thiazole rings is 1. The van der Waals surface area contributed by atoms with E-state index in [0.717, 1.165) is 38.9 Å². The molecule has 4 heterocycles. The topological polar surface area (TPSA) is 56.3 Å². The molecule has 0 aromatic carbocycles. The van der Waals surface area contributed by atoms with Crippen molar-refractivity contribution >= 4 is 34.2 Å². The third-order valence-corrected chi connectivity index (χ3v) is 7.50. The van der Waals surface area contributed by atoms with Crippen molar-refractivity contribution in [1.82, 2.24) is 4.98 Å². The average Bonchev–Trinajstić information content (AvgIpc) is 3.31. The van der Waals surface area contributed by atoms with Crippen molar-refractivity contribution < 1.29 is 14.3 Å². The molecule has 2 aliphatic heterocycles. The van der Waals surface area contributed by atoms with Crippen molar-refractivity contribution in [1.29, 1.82) is 0 Å². The molecule has 0 spiro atoms. The molecule has 4 nitrogen and oxygen atoms in total. The Bertz CT molecular complexity index is 839. The van der Waals surface area contributed by atoms with E-state index in [1.54, 1.807) is 22.7 Å². The number of rotatable bonds is 2. The van der Waals surface area contributed by atoms with Crippen LogP contribution in [0.15, 0.2) is 11.4 Å². The van der Waals surface area contributed by atoms with Crippen LogP contribution in [0.2, 0.25) is 0 Å². The first kappa shape index (κ1) is 14.9. The fraction of sp³-hybridized carbons (Fsp3) is 0.500. The van der Waals surface area contributed by atoms with Crippen molar-refractivity contribution in [2.45, 2.75) is 44.8 Å². The highest BCUT2D eigenvalue weighted by Gasteiger charge is 2.63. The summed E-state index contributed by atoms with van der Waals surface area (Å²) in [7, 11) is 0. The van der Waals surface area contributed by atoms with Crippen LogP contribution < -0.4 is 0 Å². The van der Waals surface area contributed by atoms with Gasteiger partial charge in [-0.15, -0.1) is 22.7 Å². The molecule has 0 amide bonds. The smallest absolute Gasteiger partial charge is 0.154 e. The van der Waals surface area contributed by atoms with Crippen LogP contribution in [0.4, 0.5) is 0 Å². The van der Waals surface area contributed by atoms with Crippen molar-refractivity contribution in [3.05, 3.63) is 26.9 Å². The highest BCUT2D eigenvalue weighted by atomic mass is 32.1. The standard InChI is InChI=1S/C18H17NO3S2/c1-7-9(5-13(24-7)10-6-23-8(2)19-10)14-17(20)15-11-3-4-12(22-11)16(15)18(14)21/h5-6,11-12,14-16H,3-4H2,1-2H3/t11-,12+,14?,15+,16-. The number of carbonyl (C=O) groups excluding carboxylic acids is 2. The van der Waals surface area contributed by atoms with Crippen LogP contribution in [0.3, 0.4) is 0 Å². The molecule has 3 aliphatic rings. The molecule has 0 N–H and O–H groups in total. The van der Waals surface area contributed by atoms with Crippen molar-refractivity contribution in [2.24, 2.45) is 11.8 Å². The molecule has 1 saturated carbocycles. The van der Waals surface area contributed by atoms with E-state index in [1.807, 2.05) is 25.3 Å². The van der Waals surface area contributed by atoms with E-state index in [1.165, 1.54) is 0 Å². The van der Waals surface area contributed by atoms with Crippen LogP contribution >= 0.6 is 22.7 Å². The molecule has 124 valence electrons. The van der Waals surface area contributed by atoms with E-state index in [2.05, 4.69) is 4.98 Å². The number of ether oxygens (including phenoxy) is 1. The van der Waals surface area contributed by atoms with E-state index in [0.29, 0.717) is 0 Å². The Labute approximate surface area is 147 Å². The lowest BCUT2D eigenvalue weighted by molar-refractivity contribution is -0.127. The zero-order valence-electron chi connectivity index (χ0n) is 13.4. The zero-order chi connectivity index (χ0) is 16.6. The first-order chi connectivity index (χ1) is 11.5. The van der Waals surface area contributed by atoms with Gasteiger partial charge in [0.15, 0.2) is 11.6 Å². The predicted octanol–water partition coefficient (Wildman–Crippen LogP) is 3.52. The Balaban J connectivity index is 1.54. The third kappa shape index (κ3) is 1.90. The fourth-order valence-electron chi connectivity index (χ4n) is 4.62. The minimum atomic E-state index is -0.586. The third-order valence-electron chi connectivity index (χ3n) is 5.64. The first-order valence-corrected chi connectivity index (χ1v) is 10.00. The van der Waals surface area contributed by atoms with Gasteiger partial charge in [-0.1, -0.05) is 0 Å². The van der Waals surface area contributed by atoms with E-state index in [4.69, 9.17) is 4.74 Å². The van der Waals surface area contributed by atoms with Crippen molar-refractivity contribution in [3.63, 3.8) is 0 Å². The molecule has 5 rings (SSSR count). The monoisotopic (exact) mass is 359 g/mol. The molecule has 2 saturated heterocycles. The number of thiophene rings is 1. The largest absolute Gasteiger partial charge is 0.373 e. The average molecular weight is 359 g/mol. The Hall–Kier alpha value is -1.37. The molecule has 2 aromatic rings. The van der Waals surface area contributed by atoms with E-state index >= 15 is 0 Å². The summed E-state index contributed by atoms with van der Waals surface area (Å²) in [6.45, 7) is 3.99. The Morgan fingerprint density at radius 2 is 1.79 bits per heavy atom. The highest BCUT2D eigenvalue weighted by molar-refractivity contribution is 7.16. The maximum Gasteiger partial charge on any atom is 0.154 e. The number of nitrogens with zero attached hydrogens (tertiary/aromatic N) is 1. The van der Waals surface area contributed by atoms with Gasteiger partial charge in [-0.25, -0.2) is 4.98 Å². The Morgan fingerprint density at radius 3 is 2.38 bits per heavy atom. The molecule has 1 unspecified atom stereocenters. The van der Waals surface area contributed by atoms with Gasteiger partial charge >= 0.3 is 0 Å². The molecule has 24 heavy (non-hydrogen) atoms. The fourth-order valence-corrected chi connectivity index (χ4v) is 6.32. The number of aryl methyl sites for hydroxylation is 2. The van der Waals surface area contributed by atoms with Crippen LogP contribution in [0, 0.1) is 25.7 Å². The number of Topliss-reactive ketones (excluding diaryl/α,β-unsaturated/α-hetero) is 2. The second kappa shape index (κ2) is 5.07. The van der Waals surface area contributed by atoms with Crippen LogP contribution in [0.5, 0.6) is 0 Å². The normalized spacial score (nSPS) is 34.3. The second-order valence-electron chi connectivity index (χ2n) is 6.95. The molecule has 2 bridgehead atoms. The molecular weight excluding hydrogens is 342 g/mol. The van der Waals surface area contributed by atoms with Gasteiger partial charge < -0.3 is 4.74 Å². The number of carbonyl (C=O) groups is 2. The summed E-state index contributed by atoms with van der Waals surface area (Å²) in [5.41, 5.74) is 1.84. The lowest BCUT2D eigenvalue weighted by Crippen LogP contribution is -2.29. The van der Waals surface area contributed by atoms with Gasteiger partial charge in [0.25, 0.3) is 0 Å². The lowest BCUT2D eigenvalue weighted by Gasteiger charge is -2.16. The summed E-state index contributed by atoms with van der Waals surface area (Å²) in [6.07, 6.45) is 1.79. The number of hydrogen-bond donors (Lipinski definition) is 0. The highest BCUT2D eigenvalue weighted by Crippen LogP contribution is 2.53. The minimum Gasteiger partial charge on any atom is -0.373 e. The number of fused-ring (bicyclic) bond motifs is 5. The van der Waals surface area contributed by atoms with Crippen LogP contribution in [0.25, 0.3) is 10.6 Å². The summed E-state index contributed by atoms with van der Waals surface area (Å²) >= 11 is 3.24.